The van der Waals surface area contributed by atoms with E-state index in [1.165, 1.54) is 7.11 Å². The molecule has 2 aromatic rings. The summed E-state index contributed by atoms with van der Waals surface area (Å²) >= 11 is 0. The maximum absolute atomic E-state index is 12.9. The topological polar surface area (TPSA) is 81.5 Å². The molecule has 3 N–H and O–H groups in total. The molecule has 0 spiro atoms. The summed E-state index contributed by atoms with van der Waals surface area (Å²) in [4.78, 5) is 0. The molecule has 0 aliphatic heterocycles. The molecule has 0 saturated heterocycles. The van der Waals surface area contributed by atoms with Crippen molar-refractivity contribution in [2.75, 3.05) is 12.8 Å². The van der Waals surface area contributed by atoms with Crippen LogP contribution in [-0.4, -0.2) is 17.4 Å². The lowest BCUT2D eigenvalue weighted by Gasteiger charge is -2.14. The zero-order chi connectivity index (χ0) is 14.2. The van der Waals surface area contributed by atoms with E-state index >= 15 is 0 Å². The SMILES string of the molecule is COc1ccc(C(F)(F)F)c(-c2cc(N)on2)c1O. The Kier molecular flexibility index (Phi) is 3.01. The van der Waals surface area contributed by atoms with Gasteiger partial charge in [-0.25, -0.2) is 0 Å². The fourth-order valence-electron chi connectivity index (χ4n) is 1.64. The lowest BCUT2D eigenvalue weighted by atomic mass is 10.0. The molecule has 0 bridgehead atoms. The number of benzene rings is 1. The fraction of sp³-hybridized carbons (Fsp3) is 0.182. The summed E-state index contributed by atoms with van der Waals surface area (Å²) in [6.07, 6.45) is -4.66. The van der Waals surface area contributed by atoms with Crippen molar-refractivity contribution in [3.63, 3.8) is 0 Å². The Morgan fingerprint density at radius 3 is 2.53 bits per heavy atom. The number of rotatable bonds is 2. The lowest BCUT2D eigenvalue weighted by molar-refractivity contribution is -0.137. The Bertz CT molecular complexity index is 608. The number of nitrogens with zero attached hydrogens (tertiary/aromatic N) is 1. The lowest BCUT2D eigenvalue weighted by Crippen LogP contribution is -2.07. The van der Waals surface area contributed by atoms with Gasteiger partial charge in [0.25, 0.3) is 0 Å². The third kappa shape index (κ3) is 2.28. The molecule has 0 aliphatic carbocycles. The number of halogens is 3. The van der Waals surface area contributed by atoms with Gasteiger partial charge in [0.15, 0.2) is 11.5 Å². The summed E-state index contributed by atoms with van der Waals surface area (Å²) < 4.78 is 48.0. The van der Waals surface area contributed by atoms with Crippen LogP contribution in [0.5, 0.6) is 11.5 Å². The largest absolute Gasteiger partial charge is 0.504 e. The number of nitrogen functional groups attached to an aromatic ring is 1. The number of hydrogen-bond acceptors (Lipinski definition) is 5. The Labute approximate surface area is 105 Å². The number of alkyl halides is 3. The van der Waals surface area contributed by atoms with E-state index in [4.69, 9.17) is 10.5 Å². The van der Waals surface area contributed by atoms with Gasteiger partial charge in [-0.1, -0.05) is 5.16 Å². The first-order valence-electron chi connectivity index (χ1n) is 5.04. The summed E-state index contributed by atoms with van der Waals surface area (Å²) in [7, 11) is 1.23. The van der Waals surface area contributed by atoms with E-state index in [1.54, 1.807) is 0 Å². The zero-order valence-electron chi connectivity index (χ0n) is 9.65. The Morgan fingerprint density at radius 2 is 2.05 bits per heavy atom. The van der Waals surface area contributed by atoms with E-state index in [1.807, 2.05) is 0 Å². The number of nitrogens with two attached hydrogens (primary N) is 1. The standard InChI is InChI=1S/C11H9F3N2O3/c1-18-7-3-2-5(11(12,13)14)9(10(7)17)6-4-8(15)19-16-6/h2-4,17H,15H2,1H3. The highest BCUT2D eigenvalue weighted by molar-refractivity contribution is 5.75. The molecule has 0 saturated carbocycles. The highest BCUT2D eigenvalue weighted by Crippen LogP contribution is 2.45. The van der Waals surface area contributed by atoms with Crippen LogP contribution >= 0.6 is 0 Å². The number of hydrogen-bond donors (Lipinski definition) is 2. The summed E-state index contributed by atoms with van der Waals surface area (Å²) in [6.45, 7) is 0. The van der Waals surface area contributed by atoms with Crippen molar-refractivity contribution in [1.29, 1.82) is 0 Å². The van der Waals surface area contributed by atoms with E-state index in [0.717, 1.165) is 18.2 Å². The second-order valence-corrected chi connectivity index (χ2v) is 3.65. The average molecular weight is 274 g/mol. The molecule has 1 aromatic carbocycles. The highest BCUT2D eigenvalue weighted by Gasteiger charge is 2.36. The van der Waals surface area contributed by atoms with E-state index < -0.39 is 23.1 Å². The van der Waals surface area contributed by atoms with Crippen LogP contribution in [0.25, 0.3) is 11.3 Å². The minimum atomic E-state index is -4.66. The molecule has 0 fully saturated rings. The number of phenolic OH excluding ortho intramolecular Hbond substituents is 1. The second kappa shape index (κ2) is 4.38. The van der Waals surface area contributed by atoms with Crippen molar-refractivity contribution in [1.82, 2.24) is 5.16 Å². The molecule has 1 aromatic heterocycles. The molecule has 2 rings (SSSR count). The molecule has 5 nitrogen and oxygen atoms in total. The average Bonchev–Trinajstić information content (AvgIpc) is 2.73. The molecule has 19 heavy (non-hydrogen) atoms. The van der Waals surface area contributed by atoms with Crippen molar-refractivity contribution < 1.29 is 27.5 Å². The van der Waals surface area contributed by atoms with E-state index in [0.29, 0.717) is 0 Å². The van der Waals surface area contributed by atoms with Gasteiger partial charge in [-0.05, 0) is 12.1 Å². The maximum Gasteiger partial charge on any atom is 0.417 e. The third-order valence-electron chi connectivity index (χ3n) is 2.45. The van der Waals surface area contributed by atoms with Crippen LogP contribution in [0.4, 0.5) is 19.1 Å². The van der Waals surface area contributed by atoms with Crippen LogP contribution in [0, 0.1) is 0 Å². The molecule has 1 heterocycles. The number of phenols is 1. The zero-order valence-corrected chi connectivity index (χ0v) is 9.65. The van der Waals surface area contributed by atoms with E-state index in [9.17, 15) is 18.3 Å². The van der Waals surface area contributed by atoms with Crippen molar-refractivity contribution in [3.05, 3.63) is 23.8 Å². The summed E-state index contributed by atoms with van der Waals surface area (Å²) in [6, 6.07) is 2.90. The van der Waals surface area contributed by atoms with Gasteiger partial charge in [-0.3, -0.25) is 0 Å². The smallest absolute Gasteiger partial charge is 0.417 e. The van der Waals surface area contributed by atoms with Crippen molar-refractivity contribution in [2.45, 2.75) is 6.18 Å². The predicted molar refractivity (Wildman–Crippen MR) is 59.6 cm³/mol. The van der Waals surface area contributed by atoms with Gasteiger partial charge in [-0.2, -0.15) is 13.2 Å². The first-order valence-corrected chi connectivity index (χ1v) is 5.04. The molecule has 0 radical (unpaired) electrons. The molecular formula is C11H9F3N2O3. The molecule has 102 valence electrons. The highest BCUT2D eigenvalue weighted by atomic mass is 19.4. The second-order valence-electron chi connectivity index (χ2n) is 3.65. The van der Waals surface area contributed by atoms with Crippen LogP contribution in [0.3, 0.4) is 0 Å². The van der Waals surface area contributed by atoms with Gasteiger partial charge in [0.05, 0.1) is 18.2 Å². The monoisotopic (exact) mass is 274 g/mol. The van der Waals surface area contributed by atoms with Crippen LogP contribution in [0.15, 0.2) is 22.7 Å². The first-order chi connectivity index (χ1) is 8.84. The maximum atomic E-state index is 12.9. The van der Waals surface area contributed by atoms with Gasteiger partial charge in [0.1, 0.15) is 5.69 Å². The van der Waals surface area contributed by atoms with Gasteiger partial charge >= 0.3 is 6.18 Å². The number of anilines is 1. The summed E-state index contributed by atoms with van der Waals surface area (Å²) in [5.41, 5.74) is 3.46. The van der Waals surface area contributed by atoms with Gasteiger partial charge in [0.2, 0.25) is 5.88 Å². The minimum Gasteiger partial charge on any atom is -0.504 e. The van der Waals surface area contributed by atoms with Crippen LogP contribution in [0.1, 0.15) is 5.56 Å². The quantitative estimate of drug-likeness (QED) is 0.879. The summed E-state index contributed by atoms with van der Waals surface area (Å²) in [5, 5.41) is 13.2. The van der Waals surface area contributed by atoms with Gasteiger partial charge < -0.3 is 20.1 Å². The molecular weight excluding hydrogens is 265 g/mol. The fourth-order valence-corrected chi connectivity index (χ4v) is 1.64. The van der Waals surface area contributed by atoms with Gasteiger partial charge in [-0.15, -0.1) is 0 Å². The Hall–Kier alpha value is -2.38. The number of aromatic hydroxyl groups is 1. The van der Waals surface area contributed by atoms with E-state index in [2.05, 4.69) is 9.68 Å². The van der Waals surface area contributed by atoms with Crippen LogP contribution in [0.2, 0.25) is 0 Å². The summed E-state index contributed by atoms with van der Waals surface area (Å²) in [5.74, 6) is -0.944. The van der Waals surface area contributed by atoms with Crippen LogP contribution in [-0.2, 0) is 6.18 Å². The van der Waals surface area contributed by atoms with Gasteiger partial charge in [0, 0.05) is 6.07 Å². The van der Waals surface area contributed by atoms with Crippen molar-refractivity contribution >= 4 is 5.88 Å². The number of aromatic nitrogens is 1. The molecule has 0 atom stereocenters. The number of ether oxygens (including phenoxy) is 1. The minimum absolute atomic E-state index is 0.107. The van der Waals surface area contributed by atoms with E-state index in [-0.39, 0.29) is 17.3 Å². The van der Waals surface area contributed by atoms with Crippen molar-refractivity contribution in [3.8, 4) is 22.8 Å². The molecule has 8 heteroatoms. The third-order valence-corrected chi connectivity index (χ3v) is 2.45. The first kappa shape index (κ1) is 13.1. The normalized spacial score (nSPS) is 11.6. The van der Waals surface area contributed by atoms with Crippen LogP contribution < -0.4 is 10.5 Å². The Morgan fingerprint density at radius 1 is 1.37 bits per heavy atom. The number of methoxy groups -OCH3 is 1. The Balaban J connectivity index is 2.74. The molecule has 0 unspecified atom stereocenters. The predicted octanol–water partition coefficient (Wildman–Crippen LogP) is 2.66. The molecule has 0 amide bonds. The molecule has 0 aliphatic rings. The van der Waals surface area contributed by atoms with Crippen molar-refractivity contribution in [2.24, 2.45) is 0 Å².